The van der Waals surface area contributed by atoms with Crippen LogP contribution >= 0.6 is 0 Å². The SMILES string of the molecule is CCCn1nc(C(=O)OCC)cc1C(=O)OCC. The maximum atomic E-state index is 11.7. The Hall–Kier alpha value is -1.85. The van der Waals surface area contributed by atoms with Crippen LogP contribution in [0.25, 0.3) is 0 Å². The molecular weight excluding hydrogens is 236 g/mol. The fraction of sp³-hybridized carbons (Fsp3) is 0.583. The molecule has 0 aliphatic carbocycles. The fourth-order valence-corrected chi connectivity index (χ4v) is 1.47. The lowest BCUT2D eigenvalue weighted by Crippen LogP contribution is -2.13. The van der Waals surface area contributed by atoms with E-state index < -0.39 is 11.9 Å². The van der Waals surface area contributed by atoms with E-state index in [1.54, 1.807) is 13.8 Å². The van der Waals surface area contributed by atoms with Gasteiger partial charge < -0.3 is 9.47 Å². The van der Waals surface area contributed by atoms with Crippen LogP contribution in [0, 0.1) is 0 Å². The number of rotatable bonds is 6. The van der Waals surface area contributed by atoms with Crippen LogP contribution < -0.4 is 0 Å². The Kier molecular flexibility index (Phi) is 5.35. The molecule has 0 amide bonds. The topological polar surface area (TPSA) is 70.4 Å². The summed E-state index contributed by atoms with van der Waals surface area (Å²) >= 11 is 0. The highest BCUT2D eigenvalue weighted by molar-refractivity contribution is 5.93. The summed E-state index contributed by atoms with van der Waals surface area (Å²) in [5.41, 5.74) is 0.412. The largest absolute Gasteiger partial charge is 0.461 e. The summed E-state index contributed by atoms with van der Waals surface area (Å²) < 4.78 is 11.2. The highest BCUT2D eigenvalue weighted by Crippen LogP contribution is 2.09. The fourth-order valence-electron chi connectivity index (χ4n) is 1.47. The van der Waals surface area contributed by atoms with Gasteiger partial charge in [-0.05, 0) is 20.3 Å². The Morgan fingerprint density at radius 3 is 2.33 bits per heavy atom. The Bertz CT molecular complexity index is 426. The molecule has 0 aromatic carbocycles. The number of esters is 2. The van der Waals surface area contributed by atoms with Crippen molar-refractivity contribution in [3.63, 3.8) is 0 Å². The molecule has 0 aliphatic heterocycles. The summed E-state index contributed by atoms with van der Waals surface area (Å²) in [6.45, 7) is 6.51. The molecule has 0 N–H and O–H groups in total. The van der Waals surface area contributed by atoms with Gasteiger partial charge in [0, 0.05) is 12.6 Å². The number of ether oxygens (including phenoxy) is 2. The van der Waals surface area contributed by atoms with Gasteiger partial charge in [0.05, 0.1) is 13.2 Å². The first-order valence-electron chi connectivity index (χ1n) is 6.06. The predicted molar refractivity (Wildman–Crippen MR) is 64.4 cm³/mol. The van der Waals surface area contributed by atoms with Crippen LogP contribution in [0.15, 0.2) is 6.07 Å². The van der Waals surface area contributed by atoms with Gasteiger partial charge in [0.1, 0.15) is 5.69 Å². The second-order valence-corrected chi connectivity index (χ2v) is 3.58. The third kappa shape index (κ3) is 3.32. The predicted octanol–water partition coefficient (Wildman–Crippen LogP) is 1.65. The zero-order valence-corrected chi connectivity index (χ0v) is 10.9. The molecule has 0 radical (unpaired) electrons. The lowest BCUT2D eigenvalue weighted by Gasteiger charge is -2.04. The Morgan fingerprint density at radius 2 is 1.78 bits per heavy atom. The van der Waals surface area contributed by atoms with E-state index in [0.717, 1.165) is 6.42 Å². The van der Waals surface area contributed by atoms with Crippen molar-refractivity contribution in [3.05, 3.63) is 17.5 Å². The van der Waals surface area contributed by atoms with E-state index in [1.165, 1.54) is 10.7 Å². The van der Waals surface area contributed by atoms with E-state index in [0.29, 0.717) is 6.54 Å². The molecule has 100 valence electrons. The Labute approximate surface area is 106 Å². The zero-order valence-electron chi connectivity index (χ0n) is 10.9. The molecule has 1 rings (SSSR count). The van der Waals surface area contributed by atoms with Crippen LogP contribution in [0.3, 0.4) is 0 Å². The molecule has 6 nitrogen and oxygen atoms in total. The van der Waals surface area contributed by atoms with E-state index in [9.17, 15) is 9.59 Å². The van der Waals surface area contributed by atoms with Gasteiger partial charge in [0.15, 0.2) is 5.69 Å². The van der Waals surface area contributed by atoms with Crippen LogP contribution in [-0.4, -0.2) is 34.9 Å². The van der Waals surface area contributed by atoms with E-state index in [-0.39, 0.29) is 24.6 Å². The van der Waals surface area contributed by atoms with Gasteiger partial charge in [-0.3, -0.25) is 4.68 Å². The average Bonchev–Trinajstić information content (AvgIpc) is 2.74. The molecule has 0 aliphatic rings. The van der Waals surface area contributed by atoms with Crippen LogP contribution in [0.5, 0.6) is 0 Å². The second-order valence-electron chi connectivity index (χ2n) is 3.58. The number of carbonyl (C=O) groups excluding carboxylic acids is 2. The van der Waals surface area contributed by atoms with Gasteiger partial charge in [-0.25, -0.2) is 9.59 Å². The van der Waals surface area contributed by atoms with Crippen LogP contribution in [0.1, 0.15) is 48.2 Å². The maximum absolute atomic E-state index is 11.7. The summed E-state index contributed by atoms with van der Waals surface area (Å²) in [7, 11) is 0. The normalized spacial score (nSPS) is 10.2. The minimum atomic E-state index is -0.530. The van der Waals surface area contributed by atoms with E-state index in [2.05, 4.69) is 5.10 Å². The van der Waals surface area contributed by atoms with Gasteiger partial charge in [-0.15, -0.1) is 0 Å². The van der Waals surface area contributed by atoms with Crippen molar-refractivity contribution in [1.29, 1.82) is 0 Å². The van der Waals surface area contributed by atoms with Gasteiger partial charge in [-0.1, -0.05) is 6.92 Å². The highest BCUT2D eigenvalue weighted by Gasteiger charge is 2.20. The molecule has 0 unspecified atom stereocenters. The number of hydrogen-bond donors (Lipinski definition) is 0. The van der Waals surface area contributed by atoms with Gasteiger partial charge >= 0.3 is 11.9 Å². The van der Waals surface area contributed by atoms with Crippen molar-refractivity contribution >= 4 is 11.9 Å². The summed E-state index contributed by atoms with van der Waals surface area (Å²) in [5.74, 6) is -1.01. The number of aromatic nitrogens is 2. The Morgan fingerprint density at radius 1 is 1.17 bits per heavy atom. The Balaban J connectivity index is 3.00. The van der Waals surface area contributed by atoms with Crippen molar-refractivity contribution in [2.75, 3.05) is 13.2 Å². The van der Waals surface area contributed by atoms with Crippen molar-refractivity contribution < 1.29 is 19.1 Å². The molecule has 0 spiro atoms. The highest BCUT2D eigenvalue weighted by atomic mass is 16.5. The molecule has 6 heteroatoms. The van der Waals surface area contributed by atoms with Crippen molar-refractivity contribution in [3.8, 4) is 0 Å². The first-order valence-corrected chi connectivity index (χ1v) is 6.06. The van der Waals surface area contributed by atoms with E-state index >= 15 is 0 Å². The third-order valence-electron chi connectivity index (χ3n) is 2.18. The van der Waals surface area contributed by atoms with Crippen LogP contribution in [-0.2, 0) is 16.0 Å². The molecule has 1 aromatic heterocycles. The number of carbonyl (C=O) groups is 2. The summed E-state index contributed by atoms with van der Waals surface area (Å²) in [6, 6.07) is 1.41. The lowest BCUT2D eigenvalue weighted by molar-refractivity contribution is 0.0505. The third-order valence-corrected chi connectivity index (χ3v) is 2.18. The van der Waals surface area contributed by atoms with Crippen molar-refractivity contribution in [1.82, 2.24) is 9.78 Å². The lowest BCUT2D eigenvalue weighted by atomic mass is 10.3. The monoisotopic (exact) mass is 254 g/mol. The molecule has 0 fully saturated rings. The molecule has 1 heterocycles. The number of hydrogen-bond acceptors (Lipinski definition) is 5. The standard InChI is InChI=1S/C12H18N2O4/c1-4-7-14-10(12(16)18-6-3)8-9(13-14)11(15)17-5-2/h8H,4-7H2,1-3H3. The van der Waals surface area contributed by atoms with Crippen LogP contribution in [0.4, 0.5) is 0 Å². The molecule has 0 bridgehead atoms. The molecule has 0 atom stereocenters. The zero-order chi connectivity index (χ0) is 13.5. The minimum Gasteiger partial charge on any atom is -0.461 e. The molecule has 18 heavy (non-hydrogen) atoms. The van der Waals surface area contributed by atoms with Crippen molar-refractivity contribution in [2.45, 2.75) is 33.7 Å². The van der Waals surface area contributed by atoms with E-state index in [1.807, 2.05) is 6.92 Å². The summed E-state index contributed by atoms with van der Waals surface area (Å²) in [6.07, 6.45) is 0.802. The molecule has 0 saturated carbocycles. The number of aryl methyl sites for hydroxylation is 1. The summed E-state index contributed by atoms with van der Waals surface area (Å²) in [4.78, 5) is 23.2. The quantitative estimate of drug-likeness (QED) is 0.722. The second kappa shape index (κ2) is 6.78. The summed E-state index contributed by atoms with van der Waals surface area (Å²) in [5, 5.41) is 4.06. The molecule has 0 saturated heterocycles. The first-order chi connectivity index (χ1) is 8.63. The number of nitrogens with zero attached hydrogens (tertiary/aromatic N) is 2. The van der Waals surface area contributed by atoms with Crippen LogP contribution in [0.2, 0.25) is 0 Å². The van der Waals surface area contributed by atoms with Gasteiger partial charge in [0.2, 0.25) is 0 Å². The van der Waals surface area contributed by atoms with E-state index in [4.69, 9.17) is 9.47 Å². The van der Waals surface area contributed by atoms with Gasteiger partial charge in [0.25, 0.3) is 0 Å². The first kappa shape index (κ1) is 14.2. The maximum Gasteiger partial charge on any atom is 0.358 e. The molecular formula is C12H18N2O4. The smallest absolute Gasteiger partial charge is 0.358 e. The minimum absolute atomic E-state index is 0.133. The molecule has 1 aromatic rings. The average molecular weight is 254 g/mol. The van der Waals surface area contributed by atoms with Gasteiger partial charge in [-0.2, -0.15) is 5.10 Å². The van der Waals surface area contributed by atoms with Crippen molar-refractivity contribution in [2.24, 2.45) is 0 Å².